The van der Waals surface area contributed by atoms with Gasteiger partial charge in [-0.25, -0.2) is 4.79 Å². The molecular formula is C29H47N3O4. The lowest BCUT2D eigenvalue weighted by atomic mass is 9.86. The number of benzene rings is 1. The molecule has 1 saturated carbocycles. The molecule has 2 N–H and O–H groups in total. The van der Waals surface area contributed by atoms with Gasteiger partial charge in [0, 0.05) is 12.6 Å². The van der Waals surface area contributed by atoms with Gasteiger partial charge in [0.15, 0.2) is 0 Å². The Labute approximate surface area is 217 Å². The van der Waals surface area contributed by atoms with Gasteiger partial charge in [0.2, 0.25) is 11.8 Å². The van der Waals surface area contributed by atoms with Gasteiger partial charge in [-0.2, -0.15) is 0 Å². The van der Waals surface area contributed by atoms with E-state index in [1.807, 2.05) is 45.9 Å². The summed E-state index contributed by atoms with van der Waals surface area (Å²) < 4.78 is 5.47. The molecule has 202 valence electrons. The zero-order valence-electron chi connectivity index (χ0n) is 23.6. The van der Waals surface area contributed by atoms with E-state index in [2.05, 4.69) is 17.6 Å². The van der Waals surface area contributed by atoms with Crippen LogP contribution in [0, 0.1) is 19.8 Å². The highest BCUT2D eigenvalue weighted by atomic mass is 16.6. The lowest BCUT2D eigenvalue weighted by Gasteiger charge is -2.44. The minimum Gasteiger partial charge on any atom is -0.444 e. The van der Waals surface area contributed by atoms with Crippen molar-refractivity contribution in [3.05, 3.63) is 34.9 Å². The summed E-state index contributed by atoms with van der Waals surface area (Å²) in [4.78, 5) is 42.4. The average molecular weight is 502 g/mol. The Morgan fingerprint density at radius 2 is 1.81 bits per heavy atom. The molecule has 1 fully saturated rings. The van der Waals surface area contributed by atoms with E-state index < -0.39 is 23.8 Å². The van der Waals surface area contributed by atoms with Gasteiger partial charge in [-0.3, -0.25) is 9.59 Å². The van der Waals surface area contributed by atoms with Crippen molar-refractivity contribution in [2.45, 2.75) is 118 Å². The second-order valence-corrected chi connectivity index (χ2v) is 11.6. The number of nitrogens with zero attached hydrogens (tertiary/aromatic N) is 1. The Balaban J connectivity index is 2.50. The van der Waals surface area contributed by atoms with Crippen LogP contribution in [0.1, 0.15) is 103 Å². The van der Waals surface area contributed by atoms with Crippen LogP contribution in [0.3, 0.4) is 0 Å². The number of carbonyl (C=O) groups excluding carboxylic acids is 3. The van der Waals surface area contributed by atoms with Crippen LogP contribution in [0.4, 0.5) is 4.79 Å². The molecule has 0 bridgehead atoms. The summed E-state index contributed by atoms with van der Waals surface area (Å²) in [5, 5.41) is 5.90. The van der Waals surface area contributed by atoms with E-state index in [0.29, 0.717) is 13.0 Å². The largest absolute Gasteiger partial charge is 0.444 e. The van der Waals surface area contributed by atoms with Gasteiger partial charge in [-0.05, 0) is 83.8 Å². The number of carbonyl (C=O) groups is 3. The molecule has 2 atom stereocenters. The summed E-state index contributed by atoms with van der Waals surface area (Å²) in [6.07, 6.45) is 4.38. The van der Waals surface area contributed by atoms with E-state index >= 15 is 0 Å². The van der Waals surface area contributed by atoms with Crippen LogP contribution in [0.2, 0.25) is 0 Å². The number of nitrogens with one attached hydrogen (secondary N) is 2. The number of unbranched alkanes of at least 4 members (excludes halogenated alkanes) is 1. The lowest BCUT2D eigenvalue weighted by molar-refractivity contribution is -0.147. The third kappa shape index (κ3) is 8.52. The van der Waals surface area contributed by atoms with E-state index in [1.54, 1.807) is 25.7 Å². The molecule has 36 heavy (non-hydrogen) atoms. The van der Waals surface area contributed by atoms with Gasteiger partial charge < -0.3 is 20.3 Å². The summed E-state index contributed by atoms with van der Waals surface area (Å²) in [5.74, 6) is -0.233. The van der Waals surface area contributed by atoms with Crippen LogP contribution >= 0.6 is 0 Å². The fraction of sp³-hybridized carbons (Fsp3) is 0.690. The van der Waals surface area contributed by atoms with Crippen molar-refractivity contribution >= 4 is 17.9 Å². The van der Waals surface area contributed by atoms with Crippen LogP contribution in [0.15, 0.2) is 18.2 Å². The fourth-order valence-corrected chi connectivity index (χ4v) is 4.46. The third-order valence-corrected chi connectivity index (χ3v) is 6.50. The number of aryl methyl sites for hydroxylation is 2. The summed E-state index contributed by atoms with van der Waals surface area (Å²) in [7, 11) is 0. The summed E-state index contributed by atoms with van der Waals surface area (Å²) in [5.41, 5.74) is 2.16. The molecule has 0 aromatic heterocycles. The van der Waals surface area contributed by atoms with Crippen LogP contribution in [-0.4, -0.2) is 47.0 Å². The van der Waals surface area contributed by atoms with E-state index in [0.717, 1.165) is 48.8 Å². The van der Waals surface area contributed by atoms with E-state index in [9.17, 15) is 14.4 Å². The number of hydrogen-bond donors (Lipinski definition) is 2. The van der Waals surface area contributed by atoms with Gasteiger partial charge in [-0.15, -0.1) is 0 Å². The second kappa shape index (κ2) is 13.1. The first-order valence-corrected chi connectivity index (χ1v) is 13.5. The van der Waals surface area contributed by atoms with Crippen LogP contribution in [-0.2, 0) is 14.3 Å². The first-order valence-electron chi connectivity index (χ1n) is 13.5. The van der Waals surface area contributed by atoms with Crippen molar-refractivity contribution in [1.82, 2.24) is 15.5 Å². The van der Waals surface area contributed by atoms with Crippen molar-refractivity contribution in [2.75, 3.05) is 6.54 Å². The highest BCUT2D eigenvalue weighted by Gasteiger charge is 2.42. The molecule has 7 nitrogen and oxygen atoms in total. The highest BCUT2D eigenvalue weighted by molar-refractivity contribution is 5.92. The van der Waals surface area contributed by atoms with Gasteiger partial charge in [0.1, 0.15) is 17.7 Å². The lowest BCUT2D eigenvalue weighted by Crippen LogP contribution is -2.57. The molecular weight excluding hydrogens is 454 g/mol. The number of alkyl carbamates (subject to hydrolysis) is 1. The van der Waals surface area contributed by atoms with Crippen molar-refractivity contribution < 1.29 is 19.1 Å². The zero-order chi connectivity index (χ0) is 27.0. The van der Waals surface area contributed by atoms with Crippen molar-refractivity contribution in [2.24, 2.45) is 5.92 Å². The molecule has 2 unspecified atom stereocenters. The first kappa shape index (κ1) is 29.7. The van der Waals surface area contributed by atoms with Crippen LogP contribution < -0.4 is 10.6 Å². The molecule has 0 spiro atoms. The topological polar surface area (TPSA) is 87.7 Å². The number of rotatable bonds is 11. The Bertz CT molecular complexity index is 902. The molecule has 7 heteroatoms. The molecule has 0 radical (unpaired) electrons. The Morgan fingerprint density at radius 3 is 2.33 bits per heavy atom. The first-order chi connectivity index (χ1) is 16.8. The minimum absolute atomic E-state index is 0.0468. The van der Waals surface area contributed by atoms with Crippen LogP contribution in [0.25, 0.3) is 0 Å². The van der Waals surface area contributed by atoms with E-state index in [-0.39, 0.29) is 23.8 Å². The maximum Gasteiger partial charge on any atom is 0.408 e. The number of amides is 3. The number of hydrogen-bond acceptors (Lipinski definition) is 4. The SMILES string of the molecule is CCCCNC(=O)C(c1cc(C)ccc1C)N(C(=O)C(CC(C)C)NC(=O)OC(C)(C)C)C1CCC1. The highest BCUT2D eigenvalue weighted by Crippen LogP contribution is 2.35. The molecule has 1 aliphatic rings. The second-order valence-electron chi connectivity index (χ2n) is 11.6. The van der Waals surface area contributed by atoms with Gasteiger partial charge in [-0.1, -0.05) is 51.0 Å². The molecule has 0 aliphatic heterocycles. The minimum atomic E-state index is -0.781. The van der Waals surface area contributed by atoms with Gasteiger partial charge in [0.05, 0.1) is 0 Å². The van der Waals surface area contributed by atoms with Gasteiger partial charge in [0.25, 0.3) is 0 Å². The molecule has 1 aliphatic carbocycles. The Morgan fingerprint density at radius 1 is 1.14 bits per heavy atom. The molecule has 1 aromatic rings. The summed E-state index contributed by atoms with van der Waals surface area (Å²) >= 11 is 0. The summed E-state index contributed by atoms with van der Waals surface area (Å²) in [6, 6.07) is 4.45. The molecule has 3 amide bonds. The monoisotopic (exact) mass is 501 g/mol. The summed E-state index contributed by atoms with van der Waals surface area (Å²) in [6.45, 7) is 16.0. The fourth-order valence-electron chi connectivity index (χ4n) is 4.46. The Hall–Kier alpha value is -2.57. The van der Waals surface area contributed by atoms with Crippen molar-refractivity contribution in [3.63, 3.8) is 0 Å². The predicted molar refractivity (Wildman–Crippen MR) is 144 cm³/mol. The number of ether oxygens (including phenoxy) is 1. The van der Waals surface area contributed by atoms with E-state index in [4.69, 9.17) is 4.74 Å². The molecule has 0 saturated heterocycles. The maximum atomic E-state index is 14.2. The predicted octanol–water partition coefficient (Wildman–Crippen LogP) is 5.58. The van der Waals surface area contributed by atoms with Crippen molar-refractivity contribution in [1.29, 1.82) is 0 Å². The molecule has 2 rings (SSSR count). The smallest absolute Gasteiger partial charge is 0.408 e. The Kier molecular flexibility index (Phi) is 10.8. The molecule has 1 aromatic carbocycles. The molecule has 0 heterocycles. The average Bonchev–Trinajstić information content (AvgIpc) is 2.72. The normalized spacial score (nSPS) is 15.6. The van der Waals surface area contributed by atoms with Crippen LogP contribution in [0.5, 0.6) is 0 Å². The standard InChI is InChI=1S/C29H47N3O4/c1-9-10-16-30-26(33)25(23-18-20(4)14-15-21(23)5)32(22-12-11-13-22)27(34)24(17-19(2)3)31-28(35)36-29(6,7)8/h14-15,18-19,22,24-25H,9-13,16-17H2,1-8H3,(H,30,33)(H,31,35). The van der Waals surface area contributed by atoms with Gasteiger partial charge >= 0.3 is 6.09 Å². The quantitative estimate of drug-likeness (QED) is 0.387. The zero-order valence-corrected chi connectivity index (χ0v) is 23.6. The third-order valence-electron chi connectivity index (χ3n) is 6.50. The van der Waals surface area contributed by atoms with Crippen molar-refractivity contribution in [3.8, 4) is 0 Å². The van der Waals surface area contributed by atoms with E-state index in [1.165, 1.54) is 0 Å². The maximum absolute atomic E-state index is 14.2.